The second kappa shape index (κ2) is 9.67. The third-order valence-electron chi connectivity index (χ3n) is 4.00. The molecule has 0 saturated carbocycles. The molecule has 3 rings (SSSR count). The molecular formula is C23H16BrFN2O2. The van der Waals surface area contributed by atoms with Gasteiger partial charge in [0, 0.05) is 11.3 Å². The van der Waals surface area contributed by atoms with Gasteiger partial charge >= 0.3 is 0 Å². The largest absolute Gasteiger partial charge is 0.488 e. The van der Waals surface area contributed by atoms with E-state index in [1.807, 2.05) is 12.1 Å². The summed E-state index contributed by atoms with van der Waals surface area (Å²) in [5, 5.41) is 12.0. The van der Waals surface area contributed by atoms with Gasteiger partial charge < -0.3 is 10.1 Å². The summed E-state index contributed by atoms with van der Waals surface area (Å²) < 4.78 is 20.0. The minimum atomic E-state index is -0.491. The first kappa shape index (κ1) is 20.3. The van der Waals surface area contributed by atoms with Gasteiger partial charge in [0.2, 0.25) is 0 Å². The van der Waals surface area contributed by atoms with Crippen LogP contribution in [-0.2, 0) is 11.4 Å². The molecule has 3 aromatic rings. The first-order valence-electron chi connectivity index (χ1n) is 8.71. The van der Waals surface area contributed by atoms with Crippen LogP contribution in [-0.4, -0.2) is 5.91 Å². The van der Waals surface area contributed by atoms with Crippen molar-refractivity contribution in [3.63, 3.8) is 0 Å². The van der Waals surface area contributed by atoms with Crippen molar-refractivity contribution in [3.8, 4) is 11.8 Å². The van der Waals surface area contributed by atoms with E-state index in [-0.39, 0.29) is 18.0 Å². The molecule has 0 atom stereocenters. The molecule has 4 nitrogen and oxygen atoms in total. The third-order valence-corrected chi connectivity index (χ3v) is 4.62. The first-order valence-corrected chi connectivity index (χ1v) is 9.50. The average molecular weight is 451 g/mol. The zero-order valence-electron chi connectivity index (χ0n) is 15.2. The van der Waals surface area contributed by atoms with E-state index in [9.17, 15) is 14.4 Å². The average Bonchev–Trinajstić information content (AvgIpc) is 2.73. The summed E-state index contributed by atoms with van der Waals surface area (Å²) in [6.07, 6.45) is 1.49. The summed E-state index contributed by atoms with van der Waals surface area (Å²) in [4.78, 5) is 12.3. The molecule has 1 N–H and O–H groups in total. The van der Waals surface area contributed by atoms with Crippen LogP contribution >= 0.6 is 15.9 Å². The lowest BCUT2D eigenvalue weighted by Crippen LogP contribution is -2.13. The van der Waals surface area contributed by atoms with Crippen LogP contribution in [0.4, 0.5) is 10.1 Å². The molecule has 0 saturated heterocycles. The summed E-state index contributed by atoms with van der Waals surface area (Å²) >= 11 is 3.41. The number of ether oxygens (including phenoxy) is 1. The predicted molar refractivity (Wildman–Crippen MR) is 114 cm³/mol. The first-order chi connectivity index (χ1) is 14.1. The highest BCUT2D eigenvalue weighted by atomic mass is 79.9. The van der Waals surface area contributed by atoms with Gasteiger partial charge in [0.05, 0.1) is 4.47 Å². The van der Waals surface area contributed by atoms with Crippen LogP contribution in [0.2, 0.25) is 0 Å². The summed E-state index contributed by atoms with van der Waals surface area (Å²) in [7, 11) is 0. The number of nitriles is 1. The van der Waals surface area contributed by atoms with Gasteiger partial charge in [-0.1, -0.05) is 42.5 Å². The van der Waals surface area contributed by atoms with Gasteiger partial charge in [0.25, 0.3) is 5.91 Å². The summed E-state index contributed by atoms with van der Waals surface area (Å²) in [6.45, 7) is 0.0867. The lowest BCUT2D eigenvalue weighted by molar-refractivity contribution is -0.112. The van der Waals surface area contributed by atoms with Crippen molar-refractivity contribution >= 4 is 33.6 Å². The number of anilines is 1. The van der Waals surface area contributed by atoms with Crippen LogP contribution in [0, 0.1) is 17.1 Å². The van der Waals surface area contributed by atoms with E-state index in [0.29, 0.717) is 27.0 Å². The monoisotopic (exact) mass is 450 g/mol. The Morgan fingerprint density at radius 1 is 1.10 bits per heavy atom. The molecule has 29 heavy (non-hydrogen) atoms. The number of carbonyl (C=O) groups excluding carboxylic acids is 1. The van der Waals surface area contributed by atoms with Gasteiger partial charge in [-0.05, 0) is 57.9 Å². The van der Waals surface area contributed by atoms with Crippen molar-refractivity contribution in [1.29, 1.82) is 5.26 Å². The van der Waals surface area contributed by atoms with Crippen LogP contribution in [0.3, 0.4) is 0 Å². The Bertz CT molecular complexity index is 1090. The Hall–Kier alpha value is -3.43. The van der Waals surface area contributed by atoms with E-state index in [1.54, 1.807) is 60.7 Å². The highest BCUT2D eigenvalue weighted by molar-refractivity contribution is 9.10. The molecule has 0 radical (unpaired) electrons. The van der Waals surface area contributed by atoms with Gasteiger partial charge in [0.1, 0.15) is 29.8 Å². The van der Waals surface area contributed by atoms with Crippen molar-refractivity contribution in [2.24, 2.45) is 0 Å². The quantitative estimate of drug-likeness (QED) is 0.386. The Morgan fingerprint density at radius 3 is 2.52 bits per heavy atom. The SMILES string of the molecule is N#C/C(=C/c1ccc(OCc2ccccc2F)c(Br)c1)C(=O)Nc1ccccc1. The van der Waals surface area contributed by atoms with Crippen LogP contribution < -0.4 is 10.1 Å². The number of rotatable bonds is 6. The highest BCUT2D eigenvalue weighted by Gasteiger charge is 2.11. The fraction of sp³-hybridized carbons (Fsp3) is 0.0435. The number of para-hydroxylation sites is 1. The van der Waals surface area contributed by atoms with Crippen molar-refractivity contribution < 1.29 is 13.9 Å². The summed E-state index contributed by atoms with van der Waals surface area (Å²) in [5.41, 5.74) is 1.68. The lowest BCUT2D eigenvalue weighted by atomic mass is 10.1. The van der Waals surface area contributed by atoms with E-state index in [1.165, 1.54) is 12.1 Å². The standard InChI is InChI=1S/C23H16BrFN2O2/c24-20-13-16(10-11-22(20)29-15-17-6-4-5-9-21(17)25)12-18(14-26)23(28)27-19-7-2-1-3-8-19/h1-13H,15H2,(H,27,28)/b18-12-. The fourth-order valence-electron chi connectivity index (χ4n) is 2.53. The van der Waals surface area contributed by atoms with E-state index >= 15 is 0 Å². The molecule has 3 aromatic carbocycles. The van der Waals surface area contributed by atoms with Crippen molar-refractivity contribution in [2.45, 2.75) is 6.61 Å². The number of amides is 1. The zero-order chi connectivity index (χ0) is 20.6. The second-order valence-corrected chi connectivity index (χ2v) is 6.91. The van der Waals surface area contributed by atoms with Crippen LogP contribution in [0.15, 0.2) is 82.8 Å². The summed E-state index contributed by atoms with van der Waals surface area (Å²) in [5.74, 6) is -0.293. The molecule has 0 unspecified atom stereocenters. The van der Waals surface area contributed by atoms with Gasteiger partial charge in [-0.2, -0.15) is 5.26 Å². The number of nitrogens with zero attached hydrogens (tertiary/aromatic N) is 1. The van der Waals surface area contributed by atoms with Crippen molar-refractivity contribution in [3.05, 3.63) is 99.8 Å². The number of carbonyl (C=O) groups is 1. The van der Waals surface area contributed by atoms with E-state index in [0.717, 1.165) is 0 Å². The Kier molecular flexibility index (Phi) is 6.77. The third kappa shape index (κ3) is 5.53. The number of halogens is 2. The highest BCUT2D eigenvalue weighted by Crippen LogP contribution is 2.28. The van der Waals surface area contributed by atoms with Gasteiger partial charge in [-0.25, -0.2) is 4.39 Å². The number of hydrogen-bond donors (Lipinski definition) is 1. The Labute approximate surface area is 176 Å². The normalized spacial score (nSPS) is 10.9. The van der Waals surface area contributed by atoms with Crippen LogP contribution in [0.5, 0.6) is 5.75 Å². The Morgan fingerprint density at radius 2 is 1.83 bits per heavy atom. The maximum atomic E-state index is 13.7. The van der Waals surface area contributed by atoms with Gasteiger partial charge in [-0.3, -0.25) is 4.79 Å². The fourth-order valence-corrected chi connectivity index (χ4v) is 3.04. The van der Waals surface area contributed by atoms with E-state index in [2.05, 4.69) is 21.2 Å². The Balaban J connectivity index is 1.72. The lowest BCUT2D eigenvalue weighted by Gasteiger charge is -2.10. The van der Waals surface area contributed by atoms with Crippen LogP contribution in [0.1, 0.15) is 11.1 Å². The molecule has 0 aliphatic carbocycles. The topological polar surface area (TPSA) is 62.1 Å². The van der Waals surface area contributed by atoms with E-state index < -0.39 is 5.91 Å². The maximum Gasteiger partial charge on any atom is 0.266 e. The molecule has 0 spiro atoms. The number of nitrogens with one attached hydrogen (secondary N) is 1. The number of hydrogen-bond acceptors (Lipinski definition) is 3. The smallest absolute Gasteiger partial charge is 0.266 e. The molecule has 0 aromatic heterocycles. The van der Waals surface area contributed by atoms with Gasteiger partial charge in [-0.15, -0.1) is 0 Å². The van der Waals surface area contributed by atoms with Crippen LogP contribution in [0.25, 0.3) is 6.08 Å². The minimum absolute atomic E-state index is 0.0271. The maximum absolute atomic E-state index is 13.7. The molecule has 6 heteroatoms. The second-order valence-electron chi connectivity index (χ2n) is 6.06. The van der Waals surface area contributed by atoms with Crippen molar-refractivity contribution in [1.82, 2.24) is 0 Å². The predicted octanol–water partition coefficient (Wildman–Crippen LogP) is 5.71. The molecule has 0 aliphatic heterocycles. The molecule has 144 valence electrons. The molecule has 0 aliphatic rings. The number of benzene rings is 3. The molecule has 1 amide bonds. The van der Waals surface area contributed by atoms with Crippen molar-refractivity contribution in [2.75, 3.05) is 5.32 Å². The molecular weight excluding hydrogens is 435 g/mol. The zero-order valence-corrected chi connectivity index (χ0v) is 16.8. The molecule has 0 heterocycles. The summed E-state index contributed by atoms with van der Waals surface area (Å²) in [6, 6.07) is 22.4. The molecule has 0 bridgehead atoms. The molecule has 0 fully saturated rings. The van der Waals surface area contributed by atoms with E-state index in [4.69, 9.17) is 4.74 Å². The minimum Gasteiger partial charge on any atom is -0.488 e. The van der Waals surface area contributed by atoms with Gasteiger partial charge in [0.15, 0.2) is 0 Å².